The SMILES string of the molecule is CC(C)[C@H](NCC(=O)NCC(=O)Nc1ccc(F)c(F)c1)c1ccccc1. The van der Waals surface area contributed by atoms with E-state index in [1.165, 1.54) is 6.07 Å². The minimum absolute atomic E-state index is 0.00738. The number of amides is 2. The monoisotopic (exact) mass is 375 g/mol. The third kappa shape index (κ3) is 6.45. The lowest BCUT2D eigenvalue weighted by molar-refractivity contribution is -0.123. The van der Waals surface area contributed by atoms with Crippen molar-refractivity contribution < 1.29 is 18.4 Å². The van der Waals surface area contributed by atoms with E-state index in [1.807, 2.05) is 30.3 Å². The van der Waals surface area contributed by atoms with Gasteiger partial charge in [0.05, 0.1) is 13.1 Å². The van der Waals surface area contributed by atoms with Crippen LogP contribution in [0.2, 0.25) is 0 Å². The van der Waals surface area contributed by atoms with E-state index in [0.29, 0.717) is 0 Å². The fourth-order valence-electron chi connectivity index (χ4n) is 2.62. The highest BCUT2D eigenvalue weighted by molar-refractivity contribution is 5.94. The Balaban J connectivity index is 1.79. The highest BCUT2D eigenvalue weighted by Gasteiger charge is 2.16. The van der Waals surface area contributed by atoms with E-state index in [4.69, 9.17) is 0 Å². The fraction of sp³-hybridized carbons (Fsp3) is 0.300. The molecule has 0 unspecified atom stereocenters. The van der Waals surface area contributed by atoms with Crippen LogP contribution < -0.4 is 16.0 Å². The highest BCUT2D eigenvalue weighted by atomic mass is 19.2. The summed E-state index contributed by atoms with van der Waals surface area (Å²) in [5, 5.41) is 8.07. The maximum atomic E-state index is 13.1. The van der Waals surface area contributed by atoms with Gasteiger partial charge in [-0.2, -0.15) is 0 Å². The number of halogens is 2. The Morgan fingerprint density at radius 3 is 2.26 bits per heavy atom. The topological polar surface area (TPSA) is 70.2 Å². The normalized spacial score (nSPS) is 11.9. The third-order valence-corrected chi connectivity index (χ3v) is 3.96. The first-order valence-electron chi connectivity index (χ1n) is 8.66. The van der Waals surface area contributed by atoms with Gasteiger partial charge < -0.3 is 16.0 Å². The lowest BCUT2D eigenvalue weighted by Crippen LogP contribution is -2.40. The van der Waals surface area contributed by atoms with Gasteiger partial charge in [0.25, 0.3) is 0 Å². The van der Waals surface area contributed by atoms with Crippen LogP contribution in [0.4, 0.5) is 14.5 Å². The van der Waals surface area contributed by atoms with Gasteiger partial charge in [0.15, 0.2) is 11.6 Å². The number of rotatable bonds is 8. The van der Waals surface area contributed by atoms with Crippen molar-refractivity contribution >= 4 is 17.5 Å². The molecule has 0 saturated carbocycles. The van der Waals surface area contributed by atoms with E-state index < -0.39 is 17.5 Å². The zero-order valence-corrected chi connectivity index (χ0v) is 15.3. The molecule has 0 heterocycles. The Bertz CT molecular complexity index is 782. The summed E-state index contributed by atoms with van der Waals surface area (Å²) in [6.07, 6.45) is 0. The summed E-state index contributed by atoms with van der Waals surface area (Å²) in [5.74, 6) is -2.64. The van der Waals surface area contributed by atoms with Gasteiger partial charge in [-0.15, -0.1) is 0 Å². The van der Waals surface area contributed by atoms with Gasteiger partial charge in [-0.1, -0.05) is 44.2 Å². The van der Waals surface area contributed by atoms with Crippen LogP contribution in [0.5, 0.6) is 0 Å². The Kier molecular flexibility index (Phi) is 7.43. The number of benzene rings is 2. The minimum atomic E-state index is -1.05. The molecule has 0 radical (unpaired) electrons. The summed E-state index contributed by atoms with van der Waals surface area (Å²) in [7, 11) is 0. The number of carbonyl (C=O) groups is 2. The van der Waals surface area contributed by atoms with E-state index in [-0.39, 0.29) is 36.6 Å². The molecule has 0 aliphatic heterocycles. The maximum absolute atomic E-state index is 13.1. The molecule has 5 nitrogen and oxygen atoms in total. The van der Waals surface area contributed by atoms with Gasteiger partial charge in [-0.05, 0) is 23.6 Å². The average Bonchev–Trinajstić information content (AvgIpc) is 2.64. The molecule has 2 amide bonds. The second-order valence-corrected chi connectivity index (χ2v) is 6.47. The van der Waals surface area contributed by atoms with Crippen LogP contribution in [0.3, 0.4) is 0 Å². The van der Waals surface area contributed by atoms with Gasteiger partial charge >= 0.3 is 0 Å². The predicted molar refractivity (Wildman–Crippen MR) is 100 cm³/mol. The molecule has 27 heavy (non-hydrogen) atoms. The number of hydrogen-bond donors (Lipinski definition) is 3. The smallest absolute Gasteiger partial charge is 0.243 e. The van der Waals surface area contributed by atoms with Crippen LogP contribution in [0.25, 0.3) is 0 Å². The van der Waals surface area contributed by atoms with E-state index in [0.717, 1.165) is 17.7 Å². The Morgan fingerprint density at radius 2 is 1.63 bits per heavy atom. The van der Waals surface area contributed by atoms with E-state index in [1.54, 1.807) is 0 Å². The van der Waals surface area contributed by atoms with Crippen LogP contribution in [-0.4, -0.2) is 24.9 Å². The molecule has 0 bridgehead atoms. The van der Waals surface area contributed by atoms with Gasteiger partial charge in [0.2, 0.25) is 11.8 Å². The lowest BCUT2D eigenvalue weighted by Gasteiger charge is -2.22. The van der Waals surface area contributed by atoms with Crippen LogP contribution in [0.15, 0.2) is 48.5 Å². The van der Waals surface area contributed by atoms with Crippen LogP contribution >= 0.6 is 0 Å². The van der Waals surface area contributed by atoms with Gasteiger partial charge in [0, 0.05) is 17.8 Å². The summed E-state index contributed by atoms with van der Waals surface area (Å²) in [4.78, 5) is 23.8. The van der Waals surface area contributed by atoms with Crippen molar-refractivity contribution in [2.45, 2.75) is 19.9 Å². The summed E-state index contributed by atoms with van der Waals surface area (Å²) >= 11 is 0. The van der Waals surface area contributed by atoms with Crippen molar-refractivity contribution in [1.29, 1.82) is 0 Å². The highest BCUT2D eigenvalue weighted by Crippen LogP contribution is 2.20. The molecule has 144 valence electrons. The second kappa shape index (κ2) is 9.78. The molecule has 2 aromatic rings. The van der Waals surface area contributed by atoms with Crippen molar-refractivity contribution in [3.8, 4) is 0 Å². The maximum Gasteiger partial charge on any atom is 0.243 e. The zero-order valence-electron chi connectivity index (χ0n) is 15.3. The second-order valence-electron chi connectivity index (χ2n) is 6.47. The summed E-state index contributed by atoms with van der Waals surface area (Å²) < 4.78 is 26.0. The standard InChI is InChI=1S/C20H23F2N3O2/c1-13(2)20(14-6-4-3-5-7-14)24-11-18(26)23-12-19(27)25-15-8-9-16(21)17(22)10-15/h3-10,13,20,24H,11-12H2,1-2H3,(H,23,26)(H,25,27)/t20-/m0/s1. The number of hydrogen-bond acceptors (Lipinski definition) is 3. The van der Waals surface area contributed by atoms with Crippen LogP contribution in [-0.2, 0) is 9.59 Å². The number of carbonyl (C=O) groups excluding carboxylic acids is 2. The molecular weight excluding hydrogens is 352 g/mol. The largest absolute Gasteiger partial charge is 0.346 e. The van der Waals surface area contributed by atoms with Crippen molar-refractivity contribution in [3.05, 3.63) is 65.7 Å². The first-order chi connectivity index (χ1) is 12.9. The molecule has 0 spiro atoms. The van der Waals surface area contributed by atoms with Crippen molar-refractivity contribution in [2.24, 2.45) is 5.92 Å². The molecule has 2 rings (SSSR count). The minimum Gasteiger partial charge on any atom is -0.346 e. The van der Waals surface area contributed by atoms with Crippen LogP contribution in [0.1, 0.15) is 25.5 Å². The van der Waals surface area contributed by atoms with E-state index in [9.17, 15) is 18.4 Å². The van der Waals surface area contributed by atoms with E-state index >= 15 is 0 Å². The third-order valence-electron chi connectivity index (χ3n) is 3.96. The van der Waals surface area contributed by atoms with E-state index in [2.05, 4.69) is 29.8 Å². The van der Waals surface area contributed by atoms with Gasteiger partial charge in [-0.3, -0.25) is 9.59 Å². The fourth-order valence-corrected chi connectivity index (χ4v) is 2.62. The number of nitrogens with one attached hydrogen (secondary N) is 3. The molecule has 0 fully saturated rings. The number of anilines is 1. The summed E-state index contributed by atoms with van der Waals surface area (Å²) in [5.41, 5.74) is 1.20. The molecule has 1 atom stereocenters. The molecule has 0 aliphatic carbocycles. The molecule has 2 aromatic carbocycles. The molecule has 0 saturated heterocycles. The van der Waals surface area contributed by atoms with Gasteiger partial charge in [0.1, 0.15) is 0 Å². The van der Waals surface area contributed by atoms with Crippen molar-refractivity contribution in [1.82, 2.24) is 10.6 Å². The Hall–Kier alpha value is -2.80. The molecular formula is C20H23F2N3O2. The molecule has 0 aliphatic rings. The predicted octanol–water partition coefficient (Wildman–Crippen LogP) is 3.01. The van der Waals surface area contributed by atoms with Gasteiger partial charge in [-0.25, -0.2) is 8.78 Å². The lowest BCUT2D eigenvalue weighted by atomic mass is 9.96. The van der Waals surface area contributed by atoms with Crippen LogP contribution in [0, 0.1) is 17.6 Å². The molecule has 7 heteroatoms. The summed E-state index contributed by atoms with van der Waals surface area (Å²) in [6, 6.07) is 12.8. The quantitative estimate of drug-likeness (QED) is 0.664. The molecule has 0 aromatic heterocycles. The van der Waals surface area contributed by atoms with Crippen molar-refractivity contribution in [2.75, 3.05) is 18.4 Å². The Morgan fingerprint density at radius 1 is 0.926 bits per heavy atom. The average molecular weight is 375 g/mol. The summed E-state index contributed by atoms with van der Waals surface area (Å²) in [6.45, 7) is 3.89. The van der Waals surface area contributed by atoms with Crippen molar-refractivity contribution in [3.63, 3.8) is 0 Å². The first-order valence-corrected chi connectivity index (χ1v) is 8.66. The Labute approximate surface area is 157 Å². The zero-order chi connectivity index (χ0) is 19.8. The molecule has 3 N–H and O–H groups in total. The first kappa shape index (κ1) is 20.5.